The summed E-state index contributed by atoms with van der Waals surface area (Å²) in [7, 11) is 5.32. The van der Waals surface area contributed by atoms with Crippen LogP contribution < -0.4 is 11.1 Å². The highest BCUT2D eigenvalue weighted by Crippen LogP contribution is 2.37. The topological polar surface area (TPSA) is 65.1 Å². The molecule has 0 aliphatic heterocycles. The summed E-state index contributed by atoms with van der Waals surface area (Å²) in [6.07, 6.45) is 6.31. The number of benzene rings is 1. The Morgan fingerprint density at radius 3 is 2.57 bits per heavy atom. The van der Waals surface area contributed by atoms with Crippen molar-refractivity contribution in [2.45, 2.75) is 38.0 Å². The summed E-state index contributed by atoms with van der Waals surface area (Å²) >= 11 is 5.02. The van der Waals surface area contributed by atoms with E-state index in [9.17, 15) is 0 Å². The Balaban J connectivity index is 0.00000127. The van der Waals surface area contributed by atoms with Gasteiger partial charge in [0, 0.05) is 25.7 Å². The molecule has 1 fully saturated rings. The molecular weight excluding hydrogens is 304 g/mol. The van der Waals surface area contributed by atoms with E-state index in [4.69, 9.17) is 17.6 Å². The average molecular weight is 335 g/mol. The van der Waals surface area contributed by atoms with E-state index < -0.39 is 0 Å². The number of nitrogens with zero attached hydrogens (tertiary/aromatic N) is 1. The molecule has 0 aromatic heterocycles. The first kappa shape index (κ1) is 19.6. The van der Waals surface area contributed by atoms with Crippen LogP contribution in [-0.2, 0) is 0 Å². The Morgan fingerprint density at radius 1 is 1.35 bits per heavy atom. The van der Waals surface area contributed by atoms with Crippen molar-refractivity contribution in [3.8, 4) is 0 Å². The van der Waals surface area contributed by atoms with Gasteiger partial charge in [0.25, 0.3) is 0 Å². The third-order valence-corrected chi connectivity index (χ3v) is 4.80. The average Bonchev–Trinajstić information content (AvgIpc) is 2.64. The molecule has 0 saturated heterocycles. The predicted molar refractivity (Wildman–Crippen MR) is 105 cm³/mol. The van der Waals surface area contributed by atoms with Crippen molar-refractivity contribution in [2.24, 2.45) is 11.7 Å². The predicted octanol–water partition coefficient (Wildman–Crippen LogP) is 3.83. The van der Waals surface area contributed by atoms with E-state index in [-0.39, 0.29) is 5.92 Å². The van der Waals surface area contributed by atoms with E-state index in [1.54, 1.807) is 10.4 Å². The number of anilines is 1. The number of nitrogens with two attached hydrogens (primary N) is 1. The number of hydrogen-bond donors (Lipinski definition) is 3. The van der Waals surface area contributed by atoms with Gasteiger partial charge in [0.2, 0.25) is 0 Å². The fraction of sp³-hybridized carbons (Fsp3) is 0.556. The number of rotatable bonds is 5. The van der Waals surface area contributed by atoms with Crippen molar-refractivity contribution in [3.63, 3.8) is 0 Å². The van der Waals surface area contributed by atoms with Crippen LogP contribution in [0.1, 0.15) is 43.6 Å². The van der Waals surface area contributed by atoms with Gasteiger partial charge in [-0.3, -0.25) is 5.41 Å². The van der Waals surface area contributed by atoms with E-state index in [1.807, 2.05) is 14.1 Å². The van der Waals surface area contributed by atoms with E-state index in [1.165, 1.54) is 44.7 Å². The number of likely N-dealkylation sites (N-methyl/N-ethyl adjacent to an activating group) is 1. The van der Waals surface area contributed by atoms with Crippen LogP contribution in [-0.4, -0.2) is 37.4 Å². The number of hydrogen-bond acceptors (Lipinski definition) is 4. The molecule has 1 aliphatic carbocycles. The molecule has 0 heterocycles. The van der Waals surface area contributed by atoms with Gasteiger partial charge in [-0.15, -0.1) is 0 Å². The van der Waals surface area contributed by atoms with E-state index >= 15 is 0 Å². The highest BCUT2D eigenvalue weighted by atomic mass is 32.1. The Hall–Kier alpha value is -1.46. The Kier molecular flexibility index (Phi) is 8.81. The molecule has 1 saturated carbocycles. The molecule has 1 aromatic carbocycles. The summed E-state index contributed by atoms with van der Waals surface area (Å²) < 4.78 is 0. The van der Waals surface area contributed by atoms with Gasteiger partial charge < -0.3 is 16.0 Å². The van der Waals surface area contributed by atoms with Crippen LogP contribution in [0.25, 0.3) is 0 Å². The van der Waals surface area contributed by atoms with Gasteiger partial charge >= 0.3 is 0 Å². The van der Waals surface area contributed by atoms with Crippen molar-refractivity contribution >= 4 is 29.2 Å². The monoisotopic (exact) mass is 334 g/mol. The van der Waals surface area contributed by atoms with Crippen LogP contribution in [0, 0.1) is 11.3 Å². The lowest BCUT2D eigenvalue weighted by atomic mass is 9.76. The minimum atomic E-state index is 0.141. The van der Waals surface area contributed by atoms with Crippen molar-refractivity contribution in [1.29, 1.82) is 5.41 Å². The van der Waals surface area contributed by atoms with Crippen molar-refractivity contribution in [1.82, 2.24) is 4.90 Å². The Labute approximate surface area is 146 Å². The maximum absolute atomic E-state index is 8.56. The summed E-state index contributed by atoms with van der Waals surface area (Å²) in [6, 6.07) is 8.45. The Morgan fingerprint density at radius 2 is 2.00 bits per heavy atom. The molecule has 4 nitrogen and oxygen atoms in total. The molecule has 1 aliphatic rings. The molecule has 128 valence electrons. The second-order valence-electron chi connectivity index (χ2n) is 5.85. The lowest BCUT2D eigenvalue weighted by Crippen LogP contribution is -2.34. The minimum Gasteiger partial charge on any atom is -0.388 e. The fourth-order valence-corrected chi connectivity index (χ4v) is 3.40. The van der Waals surface area contributed by atoms with E-state index in [2.05, 4.69) is 35.3 Å². The van der Waals surface area contributed by atoms with Crippen LogP contribution in [0.4, 0.5) is 5.69 Å². The zero-order valence-electron chi connectivity index (χ0n) is 14.5. The molecule has 1 unspecified atom stereocenters. The van der Waals surface area contributed by atoms with E-state index in [0.29, 0.717) is 11.8 Å². The van der Waals surface area contributed by atoms with Crippen LogP contribution in [0.15, 0.2) is 24.3 Å². The second-order valence-corrected chi connectivity index (χ2v) is 6.06. The smallest absolute Gasteiger partial charge is 0.108 e. The van der Waals surface area contributed by atoms with Crippen molar-refractivity contribution in [2.75, 3.05) is 26.5 Å². The van der Waals surface area contributed by atoms with Crippen LogP contribution in [0.2, 0.25) is 0 Å². The molecule has 1 aromatic rings. The van der Waals surface area contributed by atoms with Gasteiger partial charge in [-0.1, -0.05) is 43.6 Å². The highest BCUT2D eigenvalue weighted by molar-refractivity contribution is 7.78. The van der Waals surface area contributed by atoms with Crippen molar-refractivity contribution < 1.29 is 0 Å². The zero-order chi connectivity index (χ0) is 17.2. The third-order valence-electron chi connectivity index (χ3n) is 4.49. The van der Waals surface area contributed by atoms with Crippen LogP contribution >= 0.6 is 12.2 Å². The van der Waals surface area contributed by atoms with Crippen LogP contribution in [0.3, 0.4) is 0 Å². The minimum absolute atomic E-state index is 0.141. The number of thiocarbonyl (C=S) groups is 1. The standard InChI is InChI=1S/C17H25N3S.CH5N/c1-19-15-10-6-9-14(11-15)16(17(18)20(2)12-21)13-7-4-3-5-8-13;1-2/h6,9-13,16,18-19H,3-5,7-8H2,1-2H3;2H2,1H3. The number of nitrogens with one attached hydrogen (secondary N) is 2. The van der Waals surface area contributed by atoms with Gasteiger partial charge in [-0.25, -0.2) is 0 Å². The van der Waals surface area contributed by atoms with Gasteiger partial charge in [0.15, 0.2) is 0 Å². The molecule has 4 N–H and O–H groups in total. The summed E-state index contributed by atoms with van der Waals surface area (Å²) in [4.78, 5) is 1.78. The summed E-state index contributed by atoms with van der Waals surface area (Å²) in [6.45, 7) is 0. The van der Waals surface area contributed by atoms with Gasteiger partial charge in [-0.05, 0) is 43.5 Å². The van der Waals surface area contributed by atoms with E-state index in [0.717, 1.165) is 5.69 Å². The first-order valence-electron chi connectivity index (χ1n) is 8.29. The largest absolute Gasteiger partial charge is 0.388 e. The third kappa shape index (κ3) is 5.29. The molecule has 2 rings (SSSR count). The van der Waals surface area contributed by atoms with Gasteiger partial charge in [0.05, 0.1) is 5.49 Å². The summed E-state index contributed by atoms with van der Waals surface area (Å²) in [5.41, 5.74) is 8.40. The van der Waals surface area contributed by atoms with Gasteiger partial charge in [0.1, 0.15) is 5.84 Å². The maximum Gasteiger partial charge on any atom is 0.108 e. The molecular formula is C18H30N4S. The first-order valence-corrected chi connectivity index (χ1v) is 8.76. The molecule has 23 heavy (non-hydrogen) atoms. The van der Waals surface area contributed by atoms with Crippen LogP contribution in [0.5, 0.6) is 0 Å². The lowest BCUT2D eigenvalue weighted by molar-refractivity contribution is 0.334. The molecule has 0 spiro atoms. The molecule has 0 bridgehead atoms. The normalized spacial score (nSPS) is 15.8. The Bertz CT molecular complexity index is 498. The molecule has 5 heteroatoms. The molecule has 1 atom stereocenters. The highest BCUT2D eigenvalue weighted by Gasteiger charge is 2.30. The lowest BCUT2D eigenvalue weighted by Gasteiger charge is -2.33. The summed E-state index contributed by atoms with van der Waals surface area (Å²) in [5.74, 6) is 1.31. The quantitative estimate of drug-likeness (QED) is 0.435. The molecule has 0 amide bonds. The maximum atomic E-state index is 8.56. The summed E-state index contributed by atoms with van der Waals surface area (Å²) in [5, 5.41) is 11.8. The number of amidine groups is 1. The first-order chi connectivity index (χ1) is 11.2. The second kappa shape index (κ2) is 10.3. The molecule has 0 radical (unpaired) electrons. The SMILES string of the molecule is CN.CNc1cccc(C(C(=N)N(C)C=S)C2CCCCC2)c1. The van der Waals surface area contributed by atoms with Crippen molar-refractivity contribution in [3.05, 3.63) is 29.8 Å². The fourth-order valence-electron chi connectivity index (χ4n) is 3.28. The van der Waals surface area contributed by atoms with Gasteiger partial charge in [-0.2, -0.15) is 0 Å². The zero-order valence-corrected chi connectivity index (χ0v) is 15.3.